The maximum atomic E-state index is 6.33. The van der Waals surface area contributed by atoms with Crippen molar-refractivity contribution in [3.05, 3.63) is 40.5 Å². The van der Waals surface area contributed by atoms with Gasteiger partial charge in [-0.15, -0.1) is 0 Å². The first-order chi connectivity index (χ1) is 11.1. The smallest absolute Gasteiger partial charge is 0.246 e. The Hall–Kier alpha value is -1.70. The van der Waals surface area contributed by atoms with Crippen LogP contribution in [0.2, 0.25) is 0 Å². The van der Waals surface area contributed by atoms with Gasteiger partial charge in [0.25, 0.3) is 0 Å². The van der Waals surface area contributed by atoms with Crippen LogP contribution in [0.4, 0.5) is 0 Å². The van der Waals surface area contributed by atoms with Crippen LogP contribution in [0.25, 0.3) is 6.08 Å². The van der Waals surface area contributed by atoms with Crippen LogP contribution in [0, 0.1) is 5.41 Å². The fourth-order valence-electron chi connectivity index (χ4n) is 4.75. The van der Waals surface area contributed by atoms with Crippen molar-refractivity contribution in [2.24, 2.45) is 5.41 Å². The Labute approximate surface area is 145 Å². The van der Waals surface area contributed by atoms with Crippen molar-refractivity contribution >= 4 is 6.08 Å². The molecule has 1 heterocycles. The second-order valence-corrected chi connectivity index (χ2v) is 9.07. The summed E-state index contributed by atoms with van der Waals surface area (Å²) in [7, 11) is 0. The molecule has 2 nitrogen and oxygen atoms in total. The molecule has 0 bridgehead atoms. The van der Waals surface area contributed by atoms with Gasteiger partial charge in [-0.1, -0.05) is 52.8 Å². The summed E-state index contributed by atoms with van der Waals surface area (Å²) in [5.41, 5.74) is 5.44. The number of benzene rings is 1. The highest BCUT2D eigenvalue weighted by Crippen LogP contribution is 2.61. The van der Waals surface area contributed by atoms with Crippen molar-refractivity contribution < 1.29 is 9.47 Å². The SMILES string of the molecule is CC(C)c1cc2c(c3c1OC(C)(C)O3)[C@@]1(C)CC=CC(C)(C)C1=C2. The third-order valence-corrected chi connectivity index (χ3v) is 5.81. The number of hydrogen-bond acceptors (Lipinski definition) is 2. The quantitative estimate of drug-likeness (QED) is 0.594. The van der Waals surface area contributed by atoms with Crippen LogP contribution < -0.4 is 9.47 Å². The molecule has 0 amide bonds. The lowest BCUT2D eigenvalue weighted by Gasteiger charge is -2.40. The molecule has 2 heteroatoms. The molecule has 3 aliphatic rings. The maximum absolute atomic E-state index is 6.33. The van der Waals surface area contributed by atoms with E-state index in [0.717, 1.165) is 17.9 Å². The molecule has 0 fully saturated rings. The number of rotatable bonds is 1. The van der Waals surface area contributed by atoms with Crippen LogP contribution >= 0.6 is 0 Å². The molecule has 0 unspecified atom stereocenters. The van der Waals surface area contributed by atoms with E-state index in [-0.39, 0.29) is 10.8 Å². The summed E-state index contributed by atoms with van der Waals surface area (Å²) in [5, 5.41) is 0. The Kier molecular flexibility index (Phi) is 2.95. The Bertz CT molecular complexity index is 793. The van der Waals surface area contributed by atoms with Crippen LogP contribution in [0.5, 0.6) is 11.5 Å². The second-order valence-electron chi connectivity index (χ2n) is 9.07. The molecular weight excluding hydrogens is 296 g/mol. The van der Waals surface area contributed by atoms with Crippen molar-refractivity contribution in [2.75, 3.05) is 0 Å². The van der Waals surface area contributed by atoms with E-state index < -0.39 is 5.79 Å². The molecule has 2 aliphatic carbocycles. The Morgan fingerprint density at radius 1 is 1.00 bits per heavy atom. The van der Waals surface area contributed by atoms with Gasteiger partial charge in [-0.2, -0.15) is 0 Å². The lowest BCUT2D eigenvalue weighted by atomic mass is 9.63. The molecule has 1 aliphatic heterocycles. The predicted octanol–water partition coefficient (Wildman–Crippen LogP) is 5.96. The molecule has 4 rings (SSSR count). The van der Waals surface area contributed by atoms with Crippen molar-refractivity contribution in [3.8, 4) is 11.5 Å². The molecule has 1 aromatic rings. The zero-order chi connectivity index (χ0) is 17.5. The molecule has 0 saturated heterocycles. The highest BCUT2D eigenvalue weighted by atomic mass is 16.7. The summed E-state index contributed by atoms with van der Waals surface area (Å²) < 4.78 is 12.6. The Balaban J connectivity index is 2.00. The van der Waals surface area contributed by atoms with E-state index in [1.807, 2.05) is 13.8 Å². The average Bonchev–Trinajstić information content (AvgIpc) is 2.91. The normalized spacial score (nSPS) is 27.9. The largest absolute Gasteiger partial charge is 0.449 e. The van der Waals surface area contributed by atoms with Crippen molar-refractivity contribution in [1.82, 2.24) is 0 Å². The Morgan fingerprint density at radius 2 is 1.67 bits per heavy atom. The van der Waals surface area contributed by atoms with E-state index >= 15 is 0 Å². The van der Waals surface area contributed by atoms with Crippen LogP contribution in [-0.4, -0.2) is 5.79 Å². The van der Waals surface area contributed by atoms with Crippen molar-refractivity contribution in [3.63, 3.8) is 0 Å². The van der Waals surface area contributed by atoms with Gasteiger partial charge >= 0.3 is 0 Å². The van der Waals surface area contributed by atoms with Crippen molar-refractivity contribution in [2.45, 2.75) is 72.0 Å². The minimum absolute atomic E-state index is 0.00302. The highest BCUT2D eigenvalue weighted by molar-refractivity contribution is 5.78. The number of hydrogen-bond donors (Lipinski definition) is 0. The number of fused-ring (bicyclic) bond motifs is 5. The predicted molar refractivity (Wildman–Crippen MR) is 98.7 cm³/mol. The van der Waals surface area contributed by atoms with Crippen molar-refractivity contribution in [1.29, 1.82) is 0 Å². The molecule has 1 atom stereocenters. The molecule has 24 heavy (non-hydrogen) atoms. The van der Waals surface area contributed by atoms with Gasteiger partial charge in [0.2, 0.25) is 5.79 Å². The third-order valence-electron chi connectivity index (χ3n) is 5.81. The molecule has 1 aromatic carbocycles. The zero-order valence-corrected chi connectivity index (χ0v) is 15.9. The van der Waals surface area contributed by atoms with Gasteiger partial charge in [0.1, 0.15) is 0 Å². The fraction of sp³-hybridized carbons (Fsp3) is 0.545. The van der Waals surface area contributed by atoms with Gasteiger partial charge in [0.15, 0.2) is 11.5 Å². The summed E-state index contributed by atoms with van der Waals surface area (Å²) in [6.45, 7) is 15.4. The summed E-state index contributed by atoms with van der Waals surface area (Å²) in [6.07, 6.45) is 8.10. The average molecular weight is 324 g/mol. The van der Waals surface area contributed by atoms with E-state index in [1.165, 1.54) is 22.3 Å². The minimum Gasteiger partial charge on any atom is -0.449 e. The number of allylic oxidation sites excluding steroid dienone is 3. The fourth-order valence-corrected chi connectivity index (χ4v) is 4.75. The van der Waals surface area contributed by atoms with Gasteiger partial charge in [-0.05, 0) is 29.5 Å². The summed E-state index contributed by atoms with van der Waals surface area (Å²) in [4.78, 5) is 0. The highest BCUT2D eigenvalue weighted by Gasteiger charge is 2.49. The monoisotopic (exact) mass is 324 g/mol. The van der Waals surface area contributed by atoms with Crippen LogP contribution in [0.15, 0.2) is 23.8 Å². The van der Waals surface area contributed by atoms with Gasteiger partial charge < -0.3 is 9.47 Å². The van der Waals surface area contributed by atoms with E-state index in [2.05, 4.69) is 58.9 Å². The third kappa shape index (κ3) is 1.95. The maximum Gasteiger partial charge on any atom is 0.246 e. The molecule has 0 radical (unpaired) electrons. The lowest BCUT2D eigenvalue weighted by Crippen LogP contribution is -2.33. The van der Waals surface area contributed by atoms with Crippen LogP contribution in [-0.2, 0) is 5.41 Å². The molecule has 0 aromatic heterocycles. The summed E-state index contributed by atoms with van der Waals surface area (Å²) >= 11 is 0. The molecule has 0 saturated carbocycles. The molecule has 128 valence electrons. The van der Waals surface area contributed by atoms with Gasteiger partial charge in [0, 0.05) is 35.8 Å². The van der Waals surface area contributed by atoms with Crippen LogP contribution in [0.3, 0.4) is 0 Å². The second kappa shape index (κ2) is 4.47. The van der Waals surface area contributed by atoms with Crippen LogP contribution in [0.1, 0.15) is 77.5 Å². The lowest BCUT2D eigenvalue weighted by molar-refractivity contribution is -0.0441. The first kappa shape index (κ1) is 15.8. The topological polar surface area (TPSA) is 18.5 Å². The standard InChI is InChI=1S/C22H28O2/c1-13(2)15-11-14-12-16-20(3,4)9-8-10-22(16,7)17(14)19-18(15)23-21(5,6)24-19/h8-9,11-13H,10H2,1-7H3/t22-/m0/s1. The molecule has 0 spiro atoms. The first-order valence-corrected chi connectivity index (χ1v) is 9.05. The van der Waals surface area contributed by atoms with E-state index in [9.17, 15) is 0 Å². The number of ether oxygens (including phenoxy) is 2. The van der Waals surface area contributed by atoms with E-state index in [1.54, 1.807) is 0 Å². The minimum atomic E-state index is -0.597. The van der Waals surface area contributed by atoms with Gasteiger partial charge in [-0.3, -0.25) is 0 Å². The summed E-state index contributed by atoms with van der Waals surface area (Å²) in [6, 6.07) is 2.33. The van der Waals surface area contributed by atoms with E-state index in [0.29, 0.717) is 5.92 Å². The van der Waals surface area contributed by atoms with Gasteiger partial charge in [-0.25, -0.2) is 0 Å². The van der Waals surface area contributed by atoms with E-state index in [4.69, 9.17) is 9.47 Å². The zero-order valence-electron chi connectivity index (χ0n) is 15.9. The molecular formula is C22H28O2. The summed E-state index contributed by atoms with van der Waals surface area (Å²) in [5.74, 6) is 1.74. The first-order valence-electron chi connectivity index (χ1n) is 9.05. The molecule has 0 N–H and O–H groups in total. The Morgan fingerprint density at radius 3 is 2.33 bits per heavy atom. The van der Waals surface area contributed by atoms with Gasteiger partial charge in [0.05, 0.1) is 0 Å².